The quantitative estimate of drug-likeness (QED) is 0.686. The normalized spacial score (nSPS) is 16.8. The number of carbonyl (C=O) groups excluding carboxylic acids is 1. The molecule has 0 saturated heterocycles. The summed E-state index contributed by atoms with van der Waals surface area (Å²) in [5.74, 6) is 1.58. The first kappa shape index (κ1) is 19.8. The predicted octanol–water partition coefficient (Wildman–Crippen LogP) is 3.25. The summed E-state index contributed by atoms with van der Waals surface area (Å²) in [6.07, 6.45) is 8.61. The van der Waals surface area contributed by atoms with E-state index < -0.39 is 0 Å². The van der Waals surface area contributed by atoms with Crippen molar-refractivity contribution in [2.75, 3.05) is 5.32 Å². The second kappa shape index (κ2) is 8.53. The van der Waals surface area contributed by atoms with Crippen molar-refractivity contribution in [3.63, 3.8) is 0 Å². The third kappa shape index (κ3) is 4.06. The molecule has 1 amide bonds. The molecule has 0 unspecified atom stereocenters. The third-order valence-electron chi connectivity index (χ3n) is 6.34. The fourth-order valence-electron chi connectivity index (χ4n) is 4.72. The fourth-order valence-corrected chi connectivity index (χ4v) is 4.72. The zero-order valence-electron chi connectivity index (χ0n) is 17.7. The molecular weight excluding hydrogens is 392 g/mol. The van der Waals surface area contributed by atoms with E-state index in [4.69, 9.17) is 5.10 Å². The van der Waals surface area contributed by atoms with Crippen molar-refractivity contribution in [1.29, 1.82) is 0 Å². The summed E-state index contributed by atoms with van der Waals surface area (Å²) in [6, 6.07) is 11.8. The van der Waals surface area contributed by atoms with Crippen molar-refractivity contribution in [3.8, 4) is 5.69 Å². The summed E-state index contributed by atoms with van der Waals surface area (Å²) in [4.78, 5) is 25.6. The lowest BCUT2D eigenvalue weighted by atomic mass is 10.0. The number of amides is 1. The van der Waals surface area contributed by atoms with Crippen LogP contribution >= 0.6 is 0 Å². The number of rotatable bonds is 5. The summed E-state index contributed by atoms with van der Waals surface area (Å²) in [6.45, 7) is 0.582. The number of para-hydroxylation sites is 1. The summed E-state index contributed by atoms with van der Waals surface area (Å²) in [7, 11) is 0. The van der Waals surface area contributed by atoms with Gasteiger partial charge in [-0.15, -0.1) is 0 Å². The molecular formula is C23H28N6O2. The van der Waals surface area contributed by atoms with Crippen LogP contribution in [0.1, 0.15) is 62.4 Å². The van der Waals surface area contributed by atoms with Crippen molar-refractivity contribution >= 4 is 11.7 Å². The summed E-state index contributed by atoms with van der Waals surface area (Å²) >= 11 is 0. The lowest BCUT2D eigenvalue weighted by molar-refractivity contribution is -0.117. The maximum absolute atomic E-state index is 12.9. The molecule has 162 valence electrons. The second-order valence-corrected chi connectivity index (χ2v) is 8.55. The van der Waals surface area contributed by atoms with E-state index >= 15 is 0 Å². The Balaban J connectivity index is 1.39. The second-order valence-electron chi connectivity index (χ2n) is 8.55. The van der Waals surface area contributed by atoms with Crippen molar-refractivity contribution < 1.29 is 4.79 Å². The number of nitrogens with zero attached hydrogens (tertiary/aromatic N) is 5. The minimum atomic E-state index is -0.273. The smallest absolute Gasteiger partial charge is 0.309 e. The molecule has 2 aliphatic rings. The van der Waals surface area contributed by atoms with E-state index in [1.54, 1.807) is 9.25 Å². The molecule has 1 N–H and O–H groups in total. The number of aryl methyl sites for hydroxylation is 1. The van der Waals surface area contributed by atoms with Crippen LogP contribution in [0.15, 0.2) is 41.2 Å². The lowest BCUT2D eigenvalue weighted by Crippen LogP contribution is -2.30. The third-order valence-corrected chi connectivity index (χ3v) is 6.34. The van der Waals surface area contributed by atoms with Gasteiger partial charge >= 0.3 is 5.69 Å². The van der Waals surface area contributed by atoms with Crippen LogP contribution < -0.4 is 11.0 Å². The van der Waals surface area contributed by atoms with Crippen LogP contribution in [-0.2, 0) is 24.3 Å². The molecule has 0 spiro atoms. The van der Waals surface area contributed by atoms with E-state index in [0.29, 0.717) is 18.3 Å². The van der Waals surface area contributed by atoms with E-state index in [-0.39, 0.29) is 18.1 Å². The molecule has 8 nitrogen and oxygen atoms in total. The Morgan fingerprint density at radius 1 is 1.03 bits per heavy atom. The van der Waals surface area contributed by atoms with Crippen LogP contribution in [0.3, 0.4) is 0 Å². The van der Waals surface area contributed by atoms with Gasteiger partial charge in [0.15, 0.2) is 0 Å². The summed E-state index contributed by atoms with van der Waals surface area (Å²) < 4.78 is 4.79. The largest absolute Gasteiger partial charge is 0.346 e. The first-order valence-corrected chi connectivity index (χ1v) is 11.3. The number of hydrogen-bond acceptors (Lipinski definition) is 4. The topological polar surface area (TPSA) is 86.7 Å². The van der Waals surface area contributed by atoms with Crippen molar-refractivity contribution in [3.05, 3.63) is 58.4 Å². The number of anilines is 1. The average Bonchev–Trinajstić information content (AvgIpc) is 3.46. The van der Waals surface area contributed by atoms with Gasteiger partial charge in [-0.05, 0) is 37.8 Å². The predicted molar refractivity (Wildman–Crippen MR) is 117 cm³/mol. The SMILES string of the molecule is O=C(Cn1nc2n(c1=O)CCCCC2)Nc1cc(C2CCCC2)nn1-c1ccccc1. The molecule has 1 aromatic carbocycles. The number of benzene rings is 1. The average molecular weight is 421 g/mol. The number of carbonyl (C=O) groups is 1. The monoisotopic (exact) mass is 420 g/mol. The molecule has 3 aromatic rings. The van der Waals surface area contributed by atoms with Gasteiger partial charge in [0.05, 0.1) is 11.4 Å². The summed E-state index contributed by atoms with van der Waals surface area (Å²) in [5, 5.41) is 12.2. The summed E-state index contributed by atoms with van der Waals surface area (Å²) in [5.41, 5.74) is 1.71. The van der Waals surface area contributed by atoms with Gasteiger partial charge < -0.3 is 5.32 Å². The van der Waals surface area contributed by atoms with Crippen LogP contribution in [0.5, 0.6) is 0 Å². The zero-order chi connectivity index (χ0) is 21.2. The first-order valence-electron chi connectivity index (χ1n) is 11.3. The number of hydrogen-bond donors (Lipinski definition) is 1. The standard InChI is InChI=1S/C23H28N6O2/c30-22(16-28-23(31)27-14-8-2-5-13-20(27)26-28)24-21-15-19(17-9-6-7-10-17)25-29(21)18-11-3-1-4-12-18/h1,3-4,11-12,15,17H,2,5-10,13-14,16H2,(H,24,30). The fraction of sp³-hybridized carbons (Fsp3) is 0.478. The van der Waals surface area contributed by atoms with Crippen molar-refractivity contribution in [2.45, 2.75) is 70.4 Å². The van der Waals surface area contributed by atoms with Crippen LogP contribution in [0, 0.1) is 0 Å². The van der Waals surface area contributed by atoms with Gasteiger partial charge in [-0.2, -0.15) is 10.2 Å². The molecule has 5 rings (SSSR count). The minimum absolute atomic E-state index is 0.0996. The van der Waals surface area contributed by atoms with Crippen LogP contribution in [-0.4, -0.2) is 30.0 Å². The van der Waals surface area contributed by atoms with Gasteiger partial charge in [0.2, 0.25) is 5.91 Å². The molecule has 8 heteroatoms. The first-order chi connectivity index (χ1) is 15.2. The number of fused-ring (bicyclic) bond motifs is 1. The Labute approximate surface area is 180 Å². The molecule has 0 radical (unpaired) electrons. The highest BCUT2D eigenvalue weighted by Crippen LogP contribution is 2.35. The highest BCUT2D eigenvalue weighted by molar-refractivity contribution is 5.90. The molecule has 1 aliphatic carbocycles. The van der Waals surface area contributed by atoms with Crippen molar-refractivity contribution in [1.82, 2.24) is 24.1 Å². The van der Waals surface area contributed by atoms with E-state index in [0.717, 1.165) is 55.7 Å². The molecule has 1 saturated carbocycles. The molecule has 0 atom stereocenters. The molecule has 0 bridgehead atoms. The van der Waals surface area contributed by atoms with Gasteiger partial charge in [0.25, 0.3) is 0 Å². The maximum atomic E-state index is 12.9. The number of aromatic nitrogens is 5. The van der Waals surface area contributed by atoms with Crippen molar-refractivity contribution in [2.24, 2.45) is 0 Å². The van der Waals surface area contributed by atoms with Gasteiger partial charge in [-0.25, -0.2) is 14.2 Å². The molecule has 31 heavy (non-hydrogen) atoms. The Bertz CT molecular complexity index is 1120. The Kier molecular flexibility index (Phi) is 5.44. The van der Waals surface area contributed by atoms with E-state index in [9.17, 15) is 9.59 Å². The van der Waals surface area contributed by atoms with Crippen LogP contribution in [0.4, 0.5) is 5.82 Å². The minimum Gasteiger partial charge on any atom is -0.309 e. The number of nitrogens with one attached hydrogen (secondary N) is 1. The van der Waals surface area contributed by atoms with E-state index in [2.05, 4.69) is 10.4 Å². The molecule has 2 aromatic heterocycles. The molecule has 1 aliphatic heterocycles. The van der Waals surface area contributed by atoms with Crippen LogP contribution in [0.2, 0.25) is 0 Å². The van der Waals surface area contributed by atoms with Gasteiger partial charge in [-0.1, -0.05) is 37.5 Å². The maximum Gasteiger partial charge on any atom is 0.346 e. The highest BCUT2D eigenvalue weighted by Gasteiger charge is 2.23. The van der Waals surface area contributed by atoms with E-state index in [1.165, 1.54) is 17.5 Å². The Morgan fingerprint density at radius 3 is 2.65 bits per heavy atom. The van der Waals surface area contributed by atoms with Gasteiger partial charge in [-0.3, -0.25) is 9.36 Å². The van der Waals surface area contributed by atoms with Gasteiger partial charge in [0, 0.05) is 24.9 Å². The highest BCUT2D eigenvalue weighted by atomic mass is 16.2. The van der Waals surface area contributed by atoms with Crippen LogP contribution in [0.25, 0.3) is 5.69 Å². The zero-order valence-corrected chi connectivity index (χ0v) is 17.7. The van der Waals surface area contributed by atoms with E-state index in [1.807, 2.05) is 36.4 Å². The molecule has 1 fully saturated rings. The molecule has 3 heterocycles. The lowest BCUT2D eigenvalue weighted by Gasteiger charge is -2.08. The van der Waals surface area contributed by atoms with Gasteiger partial charge in [0.1, 0.15) is 18.2 Å². The Hall–Kier alpha value is -3.16. The Morgan fingerprint density at radius 2 is 1.84 bits per heavy atom.